The number of hydrogen-bond acceptors (Lipinski definition) is 8. The molecule has 4 rings (SSSR count). The average Bonchev–Trinajstić information content (AvgIpc) is 3.15. The lowest BCUT2D eigenvalue weighted by Crippen LogP contribution is -2.55. The Labute approximate surface area is 183 Å². The van der Waals surface area contributed by atoms with E-state index < -0.39 is 6.10 Å². The topological polar surface area (TPSA) is 122 Å². The van der Waals surface area contributed by atoms with Gasteiger partial charge >= 0.3 is 6.03 Å². The second kappa shape index (κ2) is 9.04. The van der Waals surface area contributed by atoms with Gasteiger partial charge in [-0.3, -0.25) is 5.32 Å². The fraction of sp³-hybridized carbons (Fsp3) is 0.381. The fourth-order valence-electron chi connectivity index (χ4n) is 3.72. The lowest BCUT2D eigenvalue weighted by Gasteiger charge is -2.40. The molecule has 1 aliphatic rings. The van der Waals surface area contributed by atoms with Gasteiger partial charge in [-0.1, -0.05) is 23.5 Å². The minimum Gasteiger partial charge on any atom is -0.504 e. The number of aliphatic hydroxyl groups excluding tert-OH is 2. The van der Waals surface area contributed by atoms with Gasteiger partial charge in [0.2, 0.25) is 0 Å². The summed E-state index contributed by atoms with van der Waals surface area (Å²) in [4.78, 5) is 25.3. The van der Waals surface area contributed by atoms with Crippen molar-refractivity contribution in [3.05, 3.63) is 42.1 Å². The van der Waals surface area contributed by atoms with Crippen LogP contribution in [0, 0.1) is 0 Å². The summed E-state index contributed by atoms with van der Waals surface area (Å²) in [5.74, 6) is 0.461. The number of urea groups is 1. The van der Waals surface area contributed by atoms with Gasteiger partial charge in [-0.25, -0.2) is 14.8 Å². The van der Waals surface area contributed by atoms with Crippen LogP contribution in [0.3, 0.4) is 0 Å². The Hall–Kier alpha value is -2.95. The number of anilines is 2. The largest absolute Gasteiger partial charge is 0.504 e. The van der Waals surface area contributed by atoms with E-state index in [-0.39, 0.29) is 30.9 Å². The van der Waals surface area contributed by atoms with Crippen LogP contribution in [0.2, 0.25) is 0 Å². The number of aliphatic hydroxyl groups is 2. The zero-order chi connectivity index (χ0) is 22.0. The molecule has 0 unspecified atom stereocenters. The number of carbonyl (C=O) groups is 1. The number of pyridine rings is 1. The minimum atomic E-state index is -0.885. The normalized spacial score (nSPS) is 17.7. The zero-order valence-electron chi connectivity index (χ0n) is 17.1. The van der Waals surface area contributed by atoms with E-state index in [1.54, 1.807) is 17.2 Å². The molecule has 2 atom stereocenters. The highest BCUT2D eigenvalue weighted by Gasteiger charge is 2.29. The molecule has 3 heterocycles. The van der Waals surface area contributed by atoms with E-state index in [2.05, 4.69) is 15.3 Å². The number of rotatable bonds is 5. The molecule has 1 aliphatic heterocycles. The molecule has 0 spiro atoms. The number of nitrogens with zero attached hydrogens (tertiary/aromatic N) is 4. The van der Waals surface area contributed by atoms with Gasteiger partial charge in [0.15, 0.2) is 16.7 Å². The van der Waals surface area contributed by atoms with E-state index >= 15 is 0 Å². The van der Waals surface area contributed by atoms with Gasteiger partial charge in [-0.15, -0.1) is 0 Å². The molecule has 164 valence electrons. The van der Waals surface area contributed by atoms with Gasteiger partial charge in [-0.2, -0.15) is 0 Å². The summed E-state index contributed by atoms with van der Waals surface area (Å²) in [5, 5.41) is 32.4. The second-order valence-corrected chi connectivity index (χ2v) is 8.66. The quantitative estimate of drug-likeness (QED) is 0.476. The van der Waals surface area contributed by atoms with E-state index in [4.69, 9.17) is 5.11 Å². The Morgan fingerprint density at radius 3 is 2.87 bits per heavy atom. The summed E-state index contributed by atoms with van der Waals surface area (Å²) < 4.78 is 1.02. The molecule has 1 fully saturated rings. The fourth-order valence-corrected chi connectivity index (χ4v) is 4.58. The Bertz CT molecular complexity index is 1040. The van der Waals surface area contributed by atoms with Crippen molar-refractivity contribution in [2.75, 3.05) is 36.5 Å². The summed E-state index contributed by atoms with van der Waals surface area (Å²) >= 11 is 1.44. The molecule has 0 bridgehead atoms. The van der Waals surface area contributed by atoms with Crippen LogP contribution in [-0.4, -0.2) is 74.6 Å². The molecule has 3 aromatic rings. The van der Waals surface area contributed by atoms with Gasteiger partial charge < -0.3 is 25.1 Å². The molecule has 10 heteroatoms. The van der Waals surface area contributed by atoms with Gasteiger partial charge in [0.1, 0.15) is 0 Å². The first-order valence-corrected chi connectivity index (χ1v) is 10.9. The highest BCUT2D eigenvalue weighted by atomic mass is 32.1. The van der Waals surface area contributed by atoms with Crippen LogP contribution in [-0.2, 0) is 6.42 Å². The molecule has 0 saturated carbocycles. The lowest BCUT2D eigenvalue weighted by atomic mass is 10.1. The van der Waals surface area contributed by atoms with Crippen molar-refractivity contribution in [2.45, 2.75) is 25.5 Å². The molecular formula is C21H25N5O4S. The first kappa shape index (κ1) is 21.3. The number of carbonyl (C=O) groups excluding carboxylic acids is 1. The summed E-state index contributed by atoms with van der Waals surface area (Å²) in [7, 11) is 0. The van der Waals surface area contributed by atoms with Crippen molar-refractivity contribution < 1.29 is 20.1 Å². The number of thiazole rings is 1. The van der Waals surface area contributed by atoms with Crippen LogP contribution in [0.4, 0.5) is 15.7 Å². The highest BCUT2D eigenvalue weighted by molar-refractivity contribution is 7.22. The number of fused-ring (bicyclic) bond motifs is 1. The molecule has 0 aliphatic carbocycles. The van der Waals surface area contributed by atoms with Crippen LogP contribution in [0.1, 0.15) is 12.5 Å². The SMILES string of the molecule is C[C@H]1CN(c2ncc(C[C@@H](O)CO)cc2O)CCN1C(=O)Nc1nc2ccccc2s1. The number of aromatic nitrogens is 2. The maximum atomic E-state index is 12.8. The third-order valence-electron chi connectivity index (χ3n) is 5.28. The Kier molecular flexibility index (Phi) is 6.21. The molecule has 4 N–H and O–H groups in total. The van der Waals surface area contributed by atoms with Crippen molar-refractivity contribution in [1.82, 2.24) is 14.9 Å². The third-order valence-corrected chi connectivity index (χ3v) is 6.23. The molecule has 2 aromatic heterocycles. The molecule has 9 nitrogen and oxygen atoms in total. The van der Waals surface area contributed by atoms with Crippen LogP contribution in [0.25, 0.3) is 10.2 Å². The zero-order valence-corrected chi connectivity index (χ0v) is 17.9. The average molecular weight is 444 g/mol. The summed E-state index contributed by atoms with van der Waals surface area (Å²) in [5.41, 5.74) is 1.50. The standard InChI is InChI=1S/C21H25N5O4S/c1-13-11-25(19-17(29)9-14(10-22-19)8-15(28)12-27)6-7-26(13)21(30)24-20-23-16-4-2-3-5-18(16)31-20/h2-5,9-10,13,15,27-29H,6-8,11-12H2,1H3,(H,23,24,30)/t13-,15+/m0/s1. The Balaban J connectivity index is 1.39. The number of benzene rings is 1. The second-order valence-electron chi connectivity index (χ2n) is 7.63. The van der Waals surface area contributed by atoms with Gasteiger partial charge in [0.25, 0.3) is 0 Å². The maximum absolute atomic E-state index is 12.8. The number of aromatic hydroxyl groups is 1. The predicted molar refractivity (Wildman–Crippen MR) is 120 cm³/mol. The third kappa shape index (κ3) is 4.71. The van der Waals surface area contributed by atoms with E-state index in [1.165, 1.54) is 11.3 Å². The highest BCUT2D eigenvalue weighted by Crippen LogP contribution is 2.29. The Morgan fingerprint density at radius 1 is 1.35 bits per heavy atom. The van der Waals surface area contributed by atoms with Crippen molar-refractivity contribution in [3.8, 4) is 5.75 Å². The van der Waals surface area contributed by atoms with Gasteiger partial charge in [0.05, 0.1) is 22.9 Å². The molecule has 31 heavy (non-hydrogen) atoms. The van der Waals surface area contributed by atoms with E-state index in [9.17, 15) is 15.0 Å². The van der Waals surface area contributed by atoms with Crippen molar-refractivity contribution in [3.63, 3.8) is 0 Å². The Morgan fingerprint density at radius 2 is 2.16 bits per heavy atom. The first-order valence-electron chi connectivity index (χ1n) is 10.1. The number of piperazine rings is 1. The predicted octanol–water partition coefficient (Wildman–Crippen LogP) is 2.04. The van der Waals surface area contributed by atoms with Crippen molar-refractivity contribution in [1.29, 1.82) is 0 Å². The van der Waals surface area contributed by atoms with Crippen LogP contribution in [0.15, 0.2) is 36.5 Å². The lowest BCUT2D eigenvalue weighted by molar-refractivity contribution is 0.0954. The van der Waals surface area contributed by atoms with E-state index in [1.807, 2.05) is 36.1 Å². The van der Waals surface area contributed by atoms with Crippen molar-refractivity contribution >= 4 is 38.5 Å². The number of nitrogens with one attached hydrogen (secondary N) is 1. The molecule has 2 amide bonds. The first-order chi connectivity index (χ1) is 14.9. The molecule has 0 radical (unpaired) electrons. The van der Waals surface area contributed by atoms with Crippen molar-refractivity contribution in [2.24, 2.45) is 0 Å². The summed E-state index contributed by atoms with van der Waals surface area (Å²) in [6.07, 6.45) is 0.919. The van der Waals surface area contributed by atoms with Crippen LogP contribution < -0.4 is 10.2 Å². The number of para-hydroxylation sites is 1. The van der Waals surface area contributed by atoms with Crippen LogP contribution in [0.5, 0.6) is 5.75 Å². The van der Waals surface area contributed by atoms with Gasteiger partial charge in [0, 0.05) is 38.3 Å². The summed E-state index contributed by atoms with van der Waals surface area (Å²) in [6.45, 7) is 3.13. The summed E-state index contributed by atoms with van der Waals surface area (Å²) in [6, 6.07) is 9.00. The van der Waals surface area contributed by atoms with Crippen LogP contribution >= 0.6 is 11.3 Å². The molecular weight excluding hydrogens is 418 g/mol. The molecule has 1 saturated heterocycles. The molecule has 1 aromatic carbocycles. The smallest absolute Gasteiger partial charge is 0.324 e. The maximum Gasteiger partial charge on any atom is 0.324 e. The number of hydrogen-bond donors (Lipinski definition) is 4. The monoisotopic (exact) mass is 443 g/mol. The number of amides is 2. The van der Waals surface area contributed by atoms with Gasteiger partial charge in [-0.05, 0) is 30.7 Å². The van der Waals surface area contributed by atoms with E-state index in [0.29, 0.717) is 36.1 Å². The van der Waals surface area contributed by atoms with E-state index in [0.717, 1.165) is 10.2 Å². The minimum absolute atomic E-state index is 0.0159.